The normalized spacial score (nSPS) is 11.3. The molecule has 0 radical (unpaired) electrons. The van der Waals surface area contributed by atoms with E-state index >= 15 is 0 Å². The van der Waals surface area contributed by atoms with Crippen molar-refractivity contribution in [1.82, 2.24) is 0 Å². The molecule has 0 heterocycles. The fourth-order valence-electron chi connectivity index (χ4n) is 3.53. The van der Waals surface area contributed by atoms with Crippen LogP contribution >= 0.6 is 6.60 Å². The molecule has 6 heteroatoms. The van der Waals surface area contributed by atoms with Gasteiger partial charge in [0, 0.05) is 0 Å². The summed E-state index contributed by atoms with van der Waals surface area (Å²) in [5, 5.41) is 51.2. The van der Waals surface area contributed by atoms with Gasteiger partial charge in [-0.05, 0) is 0 Å². The van der Waals surface area contributed by atoms with Crippen LogP contribution in [0.25, 0.3) is 0 Å². The van der Waals surface area contributed by atoms with Gasteiger partial charge in [-0.1, -0.05) is 0 Å². The van der Waals surface area contributed by atoms with E-state index in [-0.39, 0.29) is 22.0 Å². The summed E-state index contributed by atoms with van der Waals surface area (Å²) in [6.45, 7) is -4.46. The van der Waals surface area contributed by atoms with E-state index in [1.165, 1.54) is 12.1 Å². The Kier molecular flexibility index (Phi) is 4.84. The summed E-state index contributed by atoms with van der Waals surface area (Å²) in [5.41, 5.74) is -0.208. The molecule has 134 valence electrons. The van der Waals surface area contributed by atoms with E-state index in [1.807, 2.05) is 18.2 Å². The van der Waals surface area contributed by atoms with Crippen molar-refractivity contribution in [3.8, 4) is 29.8 Å². The maximum absolute atomic E-state index is 10.6. The Hall–Kier alpha value is -4.46. The average molecular weight is 389 g/mol. The molecule has 0 amide bonds. The van der Waals surface area contributed by atoms with E-state index in [4.69, 9.17) is 0 Å². The van der Waals surface area contributed by atoms with Crippen LogP contribution in [0.2, 0.25) is 0 Å². The molecule has 0 saturated carbocycles. The first-order valence-electron chi connectivity index (χ1n) is 8.47. The molecule has 0 unspecified atom stereocenters. The van der Waals surface area contributed by atoms with E-state index in [2.05, 4.69) is 11.6 Å². The number of rotatable bonds is 3. The molecule has 3 aromatic carbocycles. The molecule has 0 aliphatic heterocycles. The number of nitrogens with zero attached hydrogens (tertiary/aromatic N) is 5. The monoisotopic (exact) mass is 389 g/mol. The Labute approximate surface area is 168 Å². The van der Waals surface area contributed by atoms with Gasteiger partial charge >= 0.3 is 168 Å². The van der Waals surface area contributed by atoms with E-state index in [1.54, 1.807) is 60.7 Å². The minimum absolute atomic E-state index is 0.0291. The van der Waals surface area contributed by atoms with Crippen LogP contribution in [-0.4, -0.2) is 0 Å². The topological polar surface area (TPSA) is 119 Å². The summed E-state index contributed by atoms with van der Waals surface area (Å²) in [6.07, 6.45) is 0. The SMILES string of the molecule is N#Cc1ccc(P(C#N)(C#N)(c2ccccc2)c2ccccc2)c(C#N)c1C#N. The maximum atomic E-state index is 10.6. The Morgan fingerprint density at radius 1 is 0.517 bits per heavy atom. The van der Waals surface area contributed by atoms with Gasteiger partial charge in [-0.15, -0.1) is 0 Å². The molecule has 0 N–H and O–H groups in total. The predicted octanol–water partition coefficient (Wildman–Crippen LogP) is 3.09. The van der Waals surface area contributed by atoms with Crippen molar-refractivity contribution >= 4 is 22.5 Å². The number of benzene rings is 3. The summed E-state index contributed by atoms with van der Waals surface area (Å²) < 4.78 is 0. The van der Waals surface area contributed by atoms with Gasteiger partial charge in [0.05, 0.1) is 0 Å². The fourth-order valence-corrected chi connectivity index (χ4v) is 7.62. The molecule has 3 rings (SSSR count). The number of hydrogen-bond donors (Lipinski definition) is 0. The average Bonchev–Trinajstić information content (AvgIpc) is 2.81. The summed E-state index contributed by atoms with van der Waals surface area (Å²) >= 11 is 0. The fraction of sp³-hybridized carbons (Fsp3) is 0. The molecule has 3 aromatic rings. The molecule has 0 fully saturated rings. The van der Waals surface area contributed by atoms with Gasteiger partial charge in [0.15, 0.2) is 0 Å². The quantitative estimate of drug-likeness (QED) is 0.638. The van der Waals surface area contributed by atoms with Crippen molar-refractivity contribution in [2.45, 2.75) is 0 Å². The van der Waals surface area contributed by atoms with Crippen molar-refractivity contribution in [3.63, 3.8) is 0 Å². The zero-order valence-corrected chi connectivity index (χ0v) is 16.0. The predicted molar refractivity (Wildman–Crippen MR) is 111 cm³/mol. The molecule has 0 saturated heterocycles. The summed E-state index contributed by atoms with van der Waals surface area (Å²) in [4.78, 5) is 0. The Morgan fingerprint density at radius 3 is 1.38 bits per heavy atom. The van der Waals surface area contributed by atoms with Gasteiger partial charge in [0.2, 0.25) is 0 Å². The second-order valence-corrected chi connectivity index (χ2v) is 10.4. The van der Waals surface area contributed by atoms with Gasteiger partial charge in [-0.25, -0.2) is 0 Å². The minimum atomic E-state index is -4.46. The van der Waals surface area contributed by atoms with E-state index in [9.17, 15) is 26.3 Å². The van der Waals surface area contributed by atoms with Crippen LogP contribution in [0.15, 0.2) is 72.8 Å². The van der Waals surface area contributed by atoms with Crippen LogP contribution in [-0.2, 0) is 0 Å². The van der Waals surface area contributed by atoms with Crippen molar-refractivity contribution < 1.29 is 0 Å². The second-order valence-electron chi connectivity index (χ2n) is 6.21. The molecule has 0 spiro atoms. The zero-order valence-electron chi connectivity index (χ0n) is 15.1. The molecular weight excluding hydrogens is 377 g/mol. The van der Waals surface area contributed by atoms with E-state index in [0.29, 0.717) is 10.6 Å². The third-order valence-corrected chi connectivity index (χ3v) is 9.75. The molecule has 0 atom stereocenters. The van der Waals surface area contributed by atoms with Crippen molar-refractivity contribution in [2.24, 2.45) is 0 Å². The molecule has 5 nitrogen and oxygen atoms in total. The van der Waals surface area contributed by atoms with Crippen molar-refractivity contribution in [1.29, 1.82) is 26.3 Å². The van der Waals surface area contributed by atoms with Crippen LogP contribution in [0, 0.1) is 56.1 Å². The van der Waals surface area contributed by atoms with Crippen LogP contribution < -0.4 is 15.9 Å². The molecule has 29 heavy (non-hydrogen) atoms. The van der Waals surface area contributed by atoms with Crippen LogP contribution in [0.3, 0.4) is 0 Å². The first-order chi connectivity index (χ1) is 14.1. The third kappa shape index (κ3) is 2.47. The number of nitriles is 5. The summed E-state index contributed by atoms with van der Waals surface area (Å²) in [7, 11) is 0. The van der Waals surface area contributed by atoms with E-state index in [0.717, 1.165) is 0 Å². The van der Waals surface area contributed by atoms with Gasteiger partial charge in [-0.3, -0.25) is 0 Å². The van der Waals surface area contributed by atoms with Crippen LogP contribution in [0.5, 0.6) is 0 Å². The molecule has 0 aromatic heterocycles. The van der Waals surface area contributed by atoms with Crippen molar-refractivity contribution in [3.05, 3.63) is 89.5 Å². The van der Waals surface area contributed by atoms with Gasteiger partial charge in [0.1, 0.15) is 0 Å². The van der Waals surface area contributed by atoms with Gasteiger partial charge in [0.25, 0.3) is 0 Å². The van der Waals surface area contributed by atoms with Crippen LogP contribution in [0.1, 0.15) is 16.7 Å². The Morgan fingerprint density at radius 2 is 1.00 bits per heavy atom. The van der Waals surface area contributed by atoms with Gasteiger partial charge in [-0.2, -0.15) is 0 Å². The number of hydrogen-bond acceptors (Lipinski definition) is 5. The molecule has 0 bridgehead atoms. The summed E-state index contributed by atoms with van der Waals surface area (Å²) in [5.74, 6) is 4.63. The van der Waals surface area contributed by atoms with Gasteiger partial charge < -0.3 is 0 Å². The Bertz CT molecular complexity index is 1250. The van der Waals surface area contributed by atoms with Crippen LogP contribution in [0.4, 0.5) is 0 Å². The van der Waals surface area contributed by atoms with Crippen molar-refractivity contribution in [2.75, 3.05) is 0 Å². The standard InChI is InChI=1S/C23H12N5P/c24-13-18-11-12-23(22(15-26)21(18)14-25)29(16-27,17-28,19-7-3-1-4-8-19)20-9-5-2-6-10-20/h1-12H. The van der Waals surface area contributed by atoms with E-state index < -0.39 is 6.60 Å². The first kappa shape index (κ1) is 19.3. The Balaban J connectivity index is 2.68. The second kappa shape index (κ2) is 7.28. The molecule has 0 aliphatic carbocycles. The third-order valence-electron chi connectivity index (χ3n) is 4.95. The molecular formula is C23H12N5P. The zero-order chi connectivity index (χ0) is 20.9. The summed E-state index contributed by atoms with van der Waals surface area (Å²) in [6, 6.07) is 25.9. The molecule has 0 aliphatic rings. The first-order valence-corrected chi connectivity index (χ1v) is 10.7.